The molecule has 0 aliphatic carbocycles. The molecule has 1 N–H and O–H groups in total. The van der Waals surface area contributed by atoms with Gasteiger partial charge in [-0.2, -0.15) is 0 Å². The number of furan rings is 1. The van der Waals surface area contributed by atoms with Crippen molar-refractivity contribution in [2.24, 2.45) is 0 Å². The molecule has 2 aromatic rings. The van der Waals surface area contributed by atoms with Crippen molar-refractivity contribution in [3.05, 3.63) is 53.7 Å². The Kier molecular flexibility index (Phi) is 6.59. The van der Waals surface area contributed by atoms with Gasteiger partial charge in [0.1, 0.15) is 5.76 Å². The first kappa shape index (κ1) is 19.1. The van der Waals surface area contributed by atoms with Crippen LogP contribution in [-0.2, 0) is 17.8 Å². The number of carbonyl (C=O) groups excluding carboxylic acids is 2. The van der Waals surface area contributed by atoms with Crippen molar-refractivity contribution in [3.8, 4) is 0 Å². The third-order valence-electron chi connectivity index (χ3n) is 4.82. The Balaban J connectivity index is 1.42. The number of nitrogens with zero attached hydrogens (tertiary/aromatic N) is 3. The quantitative estimate of drug-likeness (QED) is 0.803. The second kappa shape index (κ2) is 9.32. The summed E-state index contributed by atoms with van der Waals surface area (Å²) < 4.78 is 5.22. The molecule has 0 spiro atoms. The summed E-state index contributed by atoms with van der Waals surface area (Å²) in [6, 6.07) is 5.52. The van der Waals surface area contributed by atoms with Crippen LogP contribution in [0, 0.1) is 0 Å². The first-order chi connectivity index (χ1) is 13.1. The molecule has 7 nitrogen and oxygen atoms in total. The minimum atomic E-state index is -0.152. The maximum Gasteiger partial charge on any atom is 0.253 e. The lowest BCUT2D eigenvalue weighted by Gasteiger charge is -2.34. The molecule has 27 heavy (non-hydrogen) atoms. The highest BCUT2D eigenvalue weighted by Crippen LogP contribution is 2.09. The van der Waals surface area contributed by atoms with Gasteiger partial charge in [-0.25, -0.2) is 0 Å². The van der Waals surface area contributed by atoms with E-state index in [1.54, 1.807) is 25.5 Å². The van der Waals surface area contributed by atoms with Crippen LogP contribution in [0.4, 0.5) is 0 Å². The van der Waals surface area contributed by atoms with Gasteiger partial charge in [-0.15, -0.1) is 0 Å². The molecule has 1 aliphatic rings. The second-order valence-electron chi connectivity index (χ2n) is 6.80. The fourth-order valence-electron chi connectivity index (χ4n) is 3.22. The average Bonchev–Trinajstić information content (AvgIpc) is 3.20. The Bertz CT molecular complexity index is 752. The Morgan fingerprint density at radius 2 is 2.04 bits per heavy atom. The van der Waals surface area contributed by atoms with Gasteiger partial charge in [0, 0.05) is 45.5 Å². The standard InChI is InChI=1S/C20H26N4O3/c1-16(25)24-9-7-23(8-10-24)6-2-4-17-12-18(14-21-13-17)20(26)22-15-19-5-3-11-27-19/h3,5,11-14H,2,4,6-10,15H2,1H3,(H,22,26). The summed E-state index contributed by atoms with van der Waals surface area (Å²) in [5.74, 6) is 0.723. The maximum absolute atomic E-state index is 12.3. The van der Waals surface area contributed by atoms with Gasteiger partial charge < -0.3 is 14.6 Å². The van der Waals surface area contributed by atoms with Crippen molar-refractivity contribution in [3.63, 3.8) is 0 Å². The zero-order chi connectivity index (χ0) is 19.1. The van der Waals surface area contributed by atoms with Crippen LogP contribution in [0.25, 0.3) is 0 Å². The van der Waals surface area contributed by atoms with E-state index in [1.165, 1.54) is 0 Å². The van der Waals surface area contributed by atoms with E-state index in [-0.39, 0.29) is 11.8 Å². The van der Waals surface area contributed by atoms with Crippen molar-refractivity contribution in [2.45, 2.75) is 26.3 Å². The van der Waals surface area contributed by atoms with Gasteiger partial charge >= 0.3 is 0 Å². The molecule has 2 amide bonds. The lowest BCUT2D eigenvalue weighted by Crippen LogP contribution is -2.48. The molecule has 144 valence electrons. The Labute approximate surface area is 159 Å². The number of carbonyl (C=O) groups is 2. The van der Waals surface area contributed by atoms with Crippen LogP contribution in [0.5, 0.6) is 0 Å². The molecule has 0 unspecified atom stereocenters. The number of aromatic nitrogens is 1. The molecule has 1 aliphatic heterocycles. The molecule has 1 fully saturated rings. The summed E-state index contributed by atoms with van der Waals surface area (Å²) in [7, 11) is 0. The zero-order valence-corrected chi connectivity index (χ0v) is 15.7. The fourth-order valence-corrected chi connectivity index (χ4v) is 3.22. The molecule has 1 saturated heterocycles. The number of rotatable bonds is 7. The number of piperazine rings is 1. The highest BCUT2D eigenvalue weighted by molar-refractivity contribution is 5.93. The smallest absolute Gasteiger partial charge is 0.253 e. The Morgan fingerprint density at radius 1 is 1.22 bits per heavy atom. The van der Waals surface area contributed by atoms with Crippen LogP contribution in [0.2, 0.25) is 0 Å². The van der Waals surface area contributed by atoms with E-state index >= 15 is 0 Å². The minimum Gasteiger partial charge on any atom is -0.467 e. The van der Waals surface area contributed by atoms with Crippen LogP contribution >= 0.6 is 0 Å². The van der Waals surface area contributed by atoms with Gasteiger partial charge in [0.15, 0.2) is 0 Å². The van der Waals surface area contributed by atoms with Gasteiger partial charge in [-0.3, -0.25) is 19.5 Å². The van der Waals surface area contributed by atoms with Gasteiger partial charge in [0.2, 0.25) is 5.91 Å². The van der Waals surface area contributed by atoms with E-state index in [0.29, 0.717) is 12.1 Å². The number of amides is 2. The van der Waals surface area contributed by atoms with E-state index in [0.717, 1.165) is 56.9 Å². The molecule has 3 heterocycles. The maximum atomic E-state index is 12.3. The van der Waals surface area contributed by atoms with E-state index in [2.05, 4.69) is 15.2 Å². The van der Waals surface area contributed by atoms with Gasteiger partial charge in [-0.1, -0.05) is 0 Å². The lowest BCUT2D eigenvalue weighted by atomic mass is 10.1. The summed E-state index contributed by atoms with van der Waals surface area (Å²) in [5, 5.41) is 2.84. The monoisotopic (exact) mass is 370 g/mol. The Morgan fingerprint density at radius 3 is 2.74 bits per heavy atom. The number of aryl methyl sites for hydroxylation is 1. The predicted molar refractivity (Wildman–Crippen MR) is 101 cm³/mol. The third kappa shape index (κ3) is 5.65. The third-order valence-corrected chi connectivity index (χ3v) is 4.82. The molecular weight excluding hydrogens is 344 g/mol. The Hall–Kier alpha value is -2.67. The van der Waals surface area contributed by atoms with Crippen LogP contribution in [0.3, 0.4) is 0 Å². The molecule has 3 rings (SSSR count). The SMILES string of the molecule is CC(=O)N1CCN(CCCc2cncc(C(=O)NCc3ccco3)c2)CC1. The highest BCUT2D eigenvalue weighted by Gasteiger charge is 2.18. The van der Waals surface area contributed by atoms with Crippen LogP contribution < -0.4 is 5.32 Å². The minimum absolute atomic E-state index is 0.152. The summed E-state index contributed by atoms with van der Waals surface area (Å²) in [6.07, 6.45) is 6.86. The van der Waals surface area contributed by atoms with Crippen molar-refractivity contribution < 1.29 is 14.0 Å². The number of hydrogen-bond donors (Lipinski definition) is 1. The number of hydrogen-bond acceptors (Lipinski definition) is 5. The van der Waals surface area contributed by atoms with E-state index in [1.807, 2.05) is 23.2 Å². The largest absolute Gasteiger partial charge is 0.467 e. The highest BCUT2D eigenvalue weighted by atomic mass is 16.3. The molecular formula is C20H26N4O3. The first-order valence-corrected chi connectivity index (χ1v) is 9.34. The number of nitrogens with one attached hydrogen (secondary N) is 1. The van der Waals surface area contributed by atoms with E-state index in [4.69, 9.17) is 4.42 Å². The summed E-state index contributed by atoms with van der Waals surface area (Å²) in [6.45, 7) is 6.44. The fraction of sp³-hybridized carbons (Fsp3) is 0.450. The van der Waals surface area contributed by atoms with Crippen LogP contribution in [0.1, 0.15) is 35.0 Å². The van der Waals surface area contributed by atoms with Crippen molar-refractivity contribution in [1.82, 2.24) is 20.1 Å². The van der Waals surface area contributed by atoms with Gasteiger partial charge in [0.05, 0.1) is 18.4 Å². The number of pyridine rings is 1. The lowest BCUT2D eigenvalue weighted by molar-refractivity contribution is -0.130. The normalized spacial score (nSPS) is 14.9. The molecule has 7 heteroatoms. The van der Waals surface area contributed by atoms with Crippen molar-refractivity contribution >= 4 is 11.8 Å². The van der Waals surface area contributed by atoms with Crippen LogP contribution in [0.15, 0.2) is 41.3 Å². The molecule has 2 aromatic heterocycles. The van der Waals surface area contributed by atoms with Crippen molar-refractivity contribution in [1.29, 1.82) is 0 Å². The molecule has 0 bridgehead atoms. The molecule has 0 radical (unpaired) electrons. The summed E-state index contributed by atoms with van der Waals surface area (Å²) in [4.78, 5) is 32.1. The van der Waals surface area contributed by atoms with E-state index < -0.39 is 0 Å². The van der Waals surface area contributed by atoms with Gasteiger partial charge in [-0.05, 0) is 43.1 Å². The zero-order valence-electron chi connectivity index (χ0n) is 15.7. The summed E-state index contributed by atoms with van der Waals surface area (Å²) >= 11 is 0. The van der Waals surface area contributed by atoms with Crippen LogP contribution in [-0.4, -0.2) is 59.3 Å². The molecule has 0 aromatic carbocycles. The topological polar surface area (TPSA) is 78.7 Å². The second-order valence-corrected chi connectivity index (χ2v) is 6.80. The molecule has 0 saturated carbocycles. The molecule has 0 atom stereocenters. The average molecular weight is 370 g/mol. The van der Waals surface area contributed by atoms with E-state index in [9.17, 15) is 9.59 Å². The van der Waals surface area contributed by atoms with Crippen molar-refractivity contribution in [2.75, 3.05) is 32.7 Å². The van der Waals surface area contributed by atoms with Gasteiger partial charge in [0.25, 0.3) is 5.91 Å². The predicted octanol–water partition coefficient (Wildman–Crippen LogP) is 1.70. The first-order valence-electron chi connectivity index (χ1n) is 9.34. The summed E-state index contributed by atoms with van der Waals surface area (Å²) in [5.41, 5.74) is 1.62.